The molecule has 2 aliphatic heterocycles. The molecule has 5 rings (SSSR count). The van der Waals surface area contributed by atoms with Crippen molar-refractivity contribution in [1.29, 1.82) is 0 Å². The Hall–Kier alpha value is -2.82. The van der Waals surface area contributed by atoms with Crippen molar-refractivity contribution >= 4 is 33.3 Å². The van der Waals surface area contributed by atoms with E-state index in [4.69, 9.17) is 4.74 Å². The van der Waals surface area contributed by atoms with Crippen LogP contribution in [0.5, 0.6) is 0 Å². The number of carbonyl (C=O) groups excluding carboxylic acids is 1. The van der Waals surface area contributed by atoms with Crippen molar-refractivity contribution in [2.24, 2.45) is 5.41 Å². The van der Waals surface area contributed by atoms with E-state index in [0.717, 1.165) is 16.9 Å². The number of benzene rings is 1. The number of carbonyl (C=O) groups is 1. The van der Waals surface area contributed by atoms with Crippen LogP contribution in [0.2, 0.25) is 0 Å². The summed E-state index contributed by atoms with van der Waals surface area (Å²) in [4.78, 5) is 23.6. The summed E-state index contributed by atoms with van der Waals surface area (Å²) in [6.07, 6.45) is 2.32. The fraction of sp³-hybridized carbons (Fsp3) is 0.318. The molecule has 1 spiro atoms. The predicted octanol–water partition coefficient (Wildman–Crippen LogP) is 2.89. The van der Waals surface area contributed by atoms with Gasteiger partial charge in [-0.15, -0.1) is 11.3 Å². The van der Waals surface area contributed by atoms with Crippen LogP contribution >= 0.6 is 11.3 Å². The van der Waals surface area contributed by atoms with E-state index in [-0.39, 0.29) is 11.1 Å². The highest BCUT2D eigenvalue weighted by molar-refractivity contribution is 7.89. The van der Waals surface area contributed by atoms with E-state index < -0.39 is 16.0 Å². The number of sulfonamides is 1. The van der Waals surface area contributed by atoms with Crippen molar-refractivity contribution in [3.63, 3.8) is 0 Å². The molecule has 4 heterocycles. The van der Waals surface area contributed by atoms with Crippen molar-refractivity contribution in [1.82, 2.24) is 14.3 Å². The second-order valence-electron chi connectivity index (χ2n) is 8.18. The standard InChI is InChI=1S/C22H22N4O4S2/c1-30-20(27)18-8-10-23-21(24-18)25-13-22(14-25)9-11-26(15-22)32(28,29)17-6-4-16(5-7-17)19-3-2-12-31-19/h2-8,10,12H,9,11,13-15H2,1H3. The van der Waals surface area contributed by atoms with Crippen molar-refractivity contribution in [2.45, 2.75) is 11.3 Å². The minimum Gasteiger partial charge on any atom is -0.464 e. The summed E-state index contributed by atoms with van der Waals surface area (Å²) in [5.74, 6) is -0.0453. The highest BCUT2D eigenvalue weighted by Crippen LogP contribution is 2.42. The molecule has 0 unspecified atom stereocenters. The first-order valence-corrected chi connectivity index (χ1v) is 12.5. The Morgan fingerprint density at radius 3 is 2.59 bits per heavy atom. The van der Waals surface area contributed by atoms with Crippen molar-refractivity contribution in [3.8, 4) is 10.4 Å². The molecule has 2 saturated heterocycles. The number of aromatic nitrogens is 2. The van der Waals surface area contributed by atoms with Crippen LogP contribution in [-0.2, 0) is 14.8 Å². The van der Waals surface area contributed by atoms with Crippen molar-refractivity contribution in [3.05, 3.63) is 59.7 Å². The van der Waals surface area contributed by atoms with E-state index in [9.17, 15) is 13.2 Å². The molecular weight excluding hydrogens is 448 g/mol. The Labute approximate surface area is 190 Å². The Kier molecular flexibility index (Phi) is 5.23. The molecular formula is C22H22N4O4S2. The number of hydrogen-bond acceptors (Lipinski definition) is 8. The Balaban J connectivity index is 1.26. The third-order valence-corrected chi connectivity index (χ3v) is 8.85. The van der Waals surface area contributed by atoms with Crippen LogP contribution in [0, 0.1) is 5.41 Å². The van der Waals surface area contributed by atoms with Crippen LogP contribution in [-0.4, -0.2) is 61.9 Å². The lowest BCUT2D eigenvalue weighted by Gasteiger charge is -2.48. The number of nitrogens with zero attached hydrogens (tertiary/aromatic N) is 4. The second-order valence-corrected chi connectivity index (χ2v) is 11.1. The van der Waals surface area contributed by atoms with E-state index >= 15 is 0 Å². The van der Waals surface area contributed by atoms with E-state index in [0.29, 0.717) is 37.0 Å². The Bertz CT molecular complexity index is 1240. The maximum absolute atomic E-state index is 13.2. The summed E-state index contributed by atoms with van der Waals surface area (Å²) < 4.78 is 32.7. The lowest BCUT2D eigenvalue weighted by molar-refractivity contribution is 0.0593. The average Bonchev–Trinajstić information content (AvgIpc) is 3.48. The predicted molar refractivity (Wildman–Crippen MR) is 121 cm³/mol. The van der Waals surface area contributed by atoms with Gasteiger partial charge in [0.25, 0.3) is 0 Å². The molecule has 32 heavy (non-hydrogen) atoms. The van der Waals surface area contributed by atoms with Gasteiger partial charge in [0.05, 0.1) is 12.0 Å². The average molecular weight is 471 g/mol. The van der Waals surface area contributed by atoms with Gasteiger partial charge in [-0.1, -0.05) is 18.2 Å². The SMILES string of the molecule is COC(=O)c1ccnc(N2CC3(CCN(S(=O)(=O)c4ccc(-c5cccs5)cc4)C3)C2)n1. The van der Waals surface area contributed by atoms with Gasteiger partial charge in [-0.05, 0) is 41.6 Å². The lowest BCUT2D eigenvalue weighted by Crippen LogP contribution is -2.58. The number of hydrogen-bond donors (Lipinski definition) is 0. The molecule has 1 aromatic carbocycles. The fourth-order valence-corrected chi connectivity index (χ4v) is 6.65. The van der Waals surface area contributed by atoms with Gasteiger partial charge in [-0.25, -0.2) is 23.2 Å². The largest absolute Gasteiger partial charge is 0.464 e. The molecule has 0 N–H and O–H groups in total. The molecule has 10 heteroatoms. The van der Waals surface area contributed by atoms with Gasteiger partial charge in [0, 0.05) is 42.7 Å². The normalized spacial score (nSPS) is 18.0. The Morgan fingerprint density at radius 1 is 1.12 bits per heavy atom. The van der Waals surface area contributed by atoms with Crippen LogP contribution in [0.3, 0.4) is 0 Å². The molecule has 0 radical (unpaired) electrons. The van der Waals surface area contributed by atoms with Crippen LogP contribution < -0.4 is 4.90 Å². The molecule has 2 aromatic heterocycles. The summed E-state index contributed by atoms with van der Waals surface area (Å²) in [6, 6.07) is 12.6. The highest BCUT2D eigenvalue weighted by atomic mass is 32.2. The van der Waals surface area contributed by atoms with Crippen LogP contribution in [0.4, 0.5) is 5.95 Å². The molecule has 2 fully saturated rings. The third kappa shape index (κ3) is 3.68. The fourth-order valence-electron chi connectivity index (χ4n) is 4.36. The number of rotatable bonds is 5. The first-order chi connectivity index (χ1) is 15.4. The number of esters is 1. The monoisotopic (exact) mass is 470 g/mol. The Morgan fingerprint density at radius 2 is 1.91 bits per heavy atom. The lowest BCUT2D eigenvalue weighted by atomic mass is 9.79. The number of thiophene rings is 1. The molecule has 0 bridgehead atoms. The first kappa shape index (κ1) is 21.0. The summed E-state index contributed by atoms with van der Waals surface area (Å²) >= 11 is 1.63. The quantitative estimate of drug-likeness (QED) is 0.530. The summed E-state index contributed by atoms with van der Waals surface area (Å²) in [7, 11) is -2.24. The zero-order valence-electron chi connectivity index (χ0n) is 17.5. The molecule has 0 amide bonds. The van der Waals surface area contributed by atoms with E-state index in [1.54, 1.807) is 27.8 Å². The van der Waals surface area contributed by atoms with E-state index in [2.05, 4.69) is 9.97 Å². The van der Waals surface area contributed by atoms with Gasteiger partial charge in [0.2, 0.25) is 16.0 Å². The maximum atomic E-state index is 13.2. The van der Waals surface area contributed by atoms with Crippen LogP contribution in [0.25, 0.3) is 10.4 Å². The third-order valence-electron chi connectivity index (χ3n) is 6.07. The maximum Gasteiger partial charge on any atom is 0.356 e. The topological polar surface area (TPSA) is 92.7 Å². The highest BCUT2D eigenvalue weighted by Gasteiger charge is 2.51. The smallest absolute Gasteiger partial charge is 0.356 e. The molecule has 0 atom stereocenters. The minimum absolute atomic E-state index is 0.116. The zero-order valence-corrected chi connectivity index (χ0v) is 19.1. The van der Waals surface area contributed by atoms with Crippen molar-refractivity contribution in [2.75, 3.05) is 38.2 Å². The minimum atomic E-state index is -3.55. The van der Waals surface area contributed by atoms with Gasteiger partial charge in [0.15, 0.2) is 5.69 Å². The molecule has 2 aliphatic rings. The van der Waals surface area contributed by atoms with E-state index in [1.807, 2.05) is 34.5 Å². The van der Waals surface area contributed by atoms with Crippen LogP contribution in [0.15, 0.2) is 58.9 Å². The van der Waals surface area contributed by atoms with Crippen LogP contribution in [0.1, 0.15) is 16.9 Å². The molecule has 0 saturated carbocycles. The molecule has 0 aliphatic carbocycles. The molecule has 166 valence electrons. The van der Waals surface area contributed by atoms with Gasteiger partial charge >= 0.3 is 5.97 Å². The summed E-state index contributed by atoms with van der Waals surface area (Å²) in [6.45, 7) is 2.27. The number of methoxy groups -OCH3 is 1. The summed E-state index contributed by atoms with van der Waals surface area (Å²) in [5, 5.41) is 2.00. The first-order valence-electron chi connectivity index (χ1n) is 10.2. The van der Waals surface area contributed by atoms with Gasteiger partial charge in [-0.3, -0.25) is 0 Å². The van der Waals surface area contributed by atoms with E-state index in [1.165, 1.54) is 19.4 Å². The van der Waals surface area contributed by atoms with Gasteiger partial charge < -0.3 is 9.64 Å². The second kappa shape index (κ2) is 7.95. The van der Waals surface area contributed by atoms with Crippen molar-refractivity contribution < 1.29 is 17.9 Å². The zero-order chi connectivity index (χ0) is 22.3. The summed E-state index contributed by atoms with van der Waals surface area (Å²) in [5.41, 5.74) is 1.11. The van der Waals surface area contributed by atoms with Gasteiger partial charge in [0.1, 0.15) is 0 Å². The molecule has 8 nitrogen and oxygen atoms in total. The number of ether oxygens (including phenoxy) is 1. The van der Waals surface area contributed by atoms with Gasteiger partial charge in [-0.2, -0.15) is 4.31 Å². The number of anilines is 1. The molecule has 3 aromatic rings.